The van der Waals surface area contributed by atoms with Crippen LogP contribution in [0.3, 0.4) is 0 Å². The number of anilines is 2. The van der Waals surface area contributed by atoms with E-state index in [0.717, 1.165) is 28.5 Å². The van der Waals surface area contributed by atoms with Gasteiger partial charge in [-0.15, -0.1) is 5.10 Å². The molecule has 9 nitrogen and oxygen atoms in total. The van der Waals surface area contributed by atoms with Crippen molar-refractivity contribution >= 4 is 22.7 Å². The van der Waals surface area contributed by atoms with E-state index in [9.17, 15) is 8.78 Å². The average Bonchev–Trinajstić information content (AvgIpc) is 3.57. The summed E-state index contributed by atoms with van der Waals surface area (Å²) in [4.78, 5) is 11.0. The summed E-state index contributed by atoms with van der Waals surface area (Å²) in [5.41, 5.74) is 4.44. The van der Waals surface area contributed by atoms with Crippen molar-refractivity contribution in [2.75, 3.05) is 25.5 Å². The molecular weight excluding hydrogens is 464 g/mol. The number of hydrogen-bond acceptors (Lipinski definition) is 7. The van der Waals surface area contributed by atoms with E-state index >= 15 is 0 Å². The molecule has 0 amide bonds. The van der Waals surface area contributed by atoms with Gasteiger partial charge in [-0.05, 0) is 36.9 Å². The topological polar surface area (TPSA) is 89.6 Å². The molecule has 3 aromatic heterocycles. The predicted molar refractivity (Wildman–Crippen MR) is 131 cm³/mol. The van der Waals surface area contributed by atoms with E-state index in [2.05, 4.69) is 35.6 Å². The second-order valence-corrected chi connectivity index (χ2v) is 9.09. The third-order valence-corrected chi connectivity index (χ3v) is 6.53. The Kier molecular flexibility index (Phi) is 5.41. The van der Waals surface area contributed by atoms with Gasteiger partial charge in [0.25, 0.3) is 0 Å². The SMILES string of the molecule is CN1CC(c2ccc(F)cc2F)C(n2nnc3cc(-c4ccnc(Nc5cnn(C)c5)n4)ccc32)C1. The van der Waals surface area contributed by atoms with Crippen molar-refractivity contribution in [3.63, 3.8) is 0 Å². The first-order valence-corrected chi connectivity index (χ1v) is 11.5. The standard InChI is InChI=1S/C25H23F2N9/c1-34-13-19(18-5-4-16(26)10-20(18)27)24(14-34)36-23-6-3-15(9-22(23)32-33-36)21-7-8-28-25(31-21)30-17-11-29-35(2)12-17/h3-12,19,24H,13-14H2,1-2H3,(H,28,30,31). The Labute approximate surface area is 205 Å². The zero-order valence-electron chi connectivity index (χ0n) is 19.7. The summed E-state index contributed by atoms with van der Waals surface area (Å²) in [6.07, 6.45) is 5.23. The third-order valence-electron chi connectivity index (χ3n) is 6.53. The van der Waals surface area contributed by atoms with Gasteiger partial charge in [-0.25, -0.2) is 23.4 Å². The molecule has 1 fully saturated rings. The maximum atomic E-state index is 14.6. The van der Waals surface area contributed by atoms with Crippen molar-refractivity contribution in [1.82, 2.24) is 39.6 Å². The number of likely N-dealkylation sites (tertiary alicyclic amines) is 1. The number of aromatic nitrogens is 7. The van der Waals surface area contributed by atoms with Crippen LogP contribution in [0, 0.1) is 11.6 Å². The van der Waals surface area contributed by atoms with E-state index in [0.29, 0.717) is 30.1 Å². The van der Waals surface area contributed by atoms with Crippen LogP contribution in [0.2, 0.25) is 0 Å². The lowest BCUT2D eigenvalue weighted by Gasteiger charge is -2.20. The first-order valence-electron chi connectivity index (χ1n) is 11.5. The van der Waals surface area contributed by atoms with Gasteiger partial charge < -0.3 is 10.2 Å². The van der Waals surface area contributed by atoms with Crippen LogP contribution >= 0.6 is 0 Å². The number of rotatable bonds is 5. The van der Waals surface area contributed by atoms with Crippen molar-refractivity contribution in [3.05, 3.63) is 78.3 Å². The molecule has 2 unspecified atom stereocenters. The molecule has 1 N–H and O–H groups in total. The Bertz CT molecular complexity index is 1560. The fourth-order valence-corrected chi connectivity index (χ4v) is 4.87. The van der Waals surface area contributed by atoms with E-state index in [1.165, 1.54) is 12.1 Å². The molecule has 0 saturated carbocycles. The van der Waals surface area contributed by atoms with Gasteiger partial charge in [0.2, 0.25) is 5.95 Å². The maximum absolute atomic E-state index is 14.6. The smallest absolute Gasteiger partial charge is 0.227 e. The number of hydrogen-bond donors (Lipinski definition) is 1. The number of nitrogens with zero attached hydrogens (tertiary/aromatic N) is 8. The van der Waals surface area contributed by atoms with E-state index < -0.39 is 11.6 Å². The highest BCUT2D eigenvalue weighted by Crippen LogP contribution is 2.38. The quantitative estimate of drug-likeness (QED) is 0.402. The lowest BCUT2D eigenvalue weighted by Crippen LogP contribution is -2.19. The van der Waals surface area contributed by atoms with Gasteiger partial charge in [0.1, 0.15) is 17.2 Å². The number of halogens is 2. The summed E-state index contributed by atoms with van der Waals surface area (Å²) in [7, 11) is 3.82. The summed E-state index contributed by atoms with van der Waals surface area (Å²) >= 11 is 0. The predicted octanol–water partition coefficient (Wildman–Crippen LogP) is 3.91. The number of nitrogens with one attached hydrogen (secondary N) is 1. The molecule has 11 heteroatoms. The fourth-order valence-electron chi connectivity index (χ4n) is 4.87. The number of likely N-dealkylation sites (N-methyl/N-ethyl adjacent to an activating group) is 1. The Morgan fingerprint density at radius 2 is 1.92 bits per heavy atom. The van der Waals surface area contributed by atoms with Crippen LogP contribution in [-0.2, 0) is 7.05 Å². The largest absolute Gasteiger partial charge is 0.321 e. The molecule has 0 radical (unpaired) electrons. The highest BCUT2D eigenvalue weighted by molar-refractivity contribution is 5.81. The molecule has 36 heavy (non-hydrogen) atoms. The van der Waals surface area contributed by atoms with Gasteiger partial charge in [-0.1, -0.05) is 17.3 Å². The molecule has 5 aromatic rings. The monoisotopic (exact) mass is 487 g/mol. The second-order valence-electron chi connectivity index (χ2n) is 9.09. The highest BCUT2D eigenvalue weighted by Gasteiger charge is 2.36. The summed E-state index contributed by atoms with van der Waals surface area (Å²) in [6.45, 7) is 1.32. The van der Waals surface area contributed by atoms with Gasteiger partial charge in [-0.2, -0.15) is 5.10 Å². The minimum atomic E-state index is -0.582. The van der Waals surface area contributed by atoms with Gasteiger partial charge >= 0.3 is 0 Å². The highest BCUT2D eigenvalue weighted by atomic mass is 19.1. The molecule has 4 heterocycles. The second kappa shape index (κ2) is 8.76. The number of fused-ring (bicyclic) bond motifs is 1. The molecule has 1 saturated heterocycles. The van der Waals surface area contributed by atoms with Crippen molar-refractivity contribution < 1.29 is 8.78 Å². The molecular formula is C25H23F2N9. The lowest BCUT2D eigenvalue weighted by atomic mass is 9.93. The van der Waals surface area contributed by atoms with Crippen molar-refractivity contribution in [1.29, 1.82) is 0 Å². The Balaban J connectivity index is 1.31. The summed E-state index contributed by atoms with van der Waals surface area (Å²) in [6, 6.07) is 11.3. The van der Waals surface area contributed by atoms with Crippen LogP contribution in [0.15, 0.2) is 61.1 Å². The van der Waals surface area contributed by atoms with Gasteiger partial charge in [0, 0.05) is 50.1 Å². The zero-order chi connectivity index (χ0) is 24.8. The summed E-state index contributed by atoms with van der Waals surface area (Å²) < 4.78 is 31.7. The van der Waals surface area contributed by atoms with Crippen molar-refractivity contribution in [3.8, 4) is 11.3 Å². The maximum Gasteiger partial charge on any atom is 0.227 e. The van der Waals surface area contributed by atoms with Gasteiger partial charge in [0.15, 0.2) is 0 Å². The third kappa shape index (κ3) is 4.07. The van der Waals surface area contributed by atoms with Crippen LogP contribution < -0.4 is 5.32 Å². The molecule has 0 aliphatic carbocycles. The molecule has 1 aliphatic heterocycles. The average molecular weight is 488 g/mol. The van der Waals surface area contributed by atoms with Gasteiger partial charge in [0.05, 0.1) is 29.1 Å². The Morgan fingerprint density at radius 1 is 1.03 bits per heavy atom. The Hall–Kier alpha value is -4.25. The minimum Gasteiger partial charge on any atom is -0.321 e. The molecule has 182 valence electrons. The van der Waals surface area contributed by atoms with Crippen LogP contribution in [0.4, 0.5) is 20.4 Å². The van der Waals surface area contributed by atoms with E-state index in [-0.39, 0.29) is 12.0 Å². The van der Waals surface area contributed by atoms with E-state index in [1.54, 1.807) is 17.1 Å². The van der Waals surface area contributed by atoms with E-state index in [1.807, 2.05) is 49.2 Å². The van der Waals surface area contributed by atoms with E-state index in [4.69, 9.17) is 0 Å². The van der Waals surface area contributed by atoms with Crippen molar-refractivity contribution in [2.45, 2.75) is 12.0 Å². The normalized spacial score (nSPS) is 18.2. The number of benzene rings is 2. The molecule has 2 atom stereocenters. The lowest BCUT2D eigenvalue weighted by molar-refractivity contribution is 0.382. The van der Waals surface area contributed by atoms with Crippen LogP contribution in [0.5, 0.6) is 0 Å². The summed E-state index contributed by atoms with van der Waals surface area (Å²) in [5.74, 6) is -0.835. The first kappa shape index (κ1) is 22.2. The molecule has 0 spiro atoms. The van der Waals surface area contributed by atoms with Gasteiger partial charge in [-0.3, -0.25) is 4.68 Å². The van der Waals surface area contributed by atoms with Crippen LogP contribution in [0.1, 0.15) is 17.5 Å². The molecule has 1 aliphatic rings. The fraction of sp³-hybridized carbons (Fsp3) is 0.240. The number of aryl methyl sites for hydroxylation is 1. The zero-order valence-corrected chi connectivity index (χ0v) is 19.7. The first-order chi connectivity index (χ1) is 17.4. The minimum absolute atomic E-state index is 0.139. The van der Waals surface area contributed by atoms with Crippen LogP contribution in [-0.4, -0.2) is 59.8 Å². The molecule has 6 rings (SSSR count). The van der Waals surface area contributed by atoms with Crippen LogP contribution in [0.25, 0.3) is 22.3 Å². The summed E-state index contributed by atoms with van der Waals surface area (Å²) in [5, 5.41) is 16.1. The molecule has 2 aromatic carbocycles. The Morgan fingerprint density at radius 3 is 2.72 bits per heavy atom. The molecule has 0 bridgehead atoms. The van der Waals surface area contributed by atoms with Crippen molar-refractivity contribution in [2.24, 2.45) is 7.05 Å².